The summed E-state index contributed by atoms with van der Waals surface area (Å²) in [5.41, 5.74) is 5.75. The molecule has 0 unspecified atom stereocenters. The molecule has 99 valence electrons. The minimum atomic E-state index is -3.35. The van der Waals surface area contributed by atoms with Crippen molar-refractivity contribution in [3.63, 3.8) is 0 Å². The van der Waals surface area contributed by atoms with Crippen molar-refractivity contribution in [2.45, 2.75) is 17.7 Å². The smallest absolute Gasteiger partial charge is 0.217 e. The normalized spacial score (nSPS) is 11.2. The number of hydrogen-bond donors (Lipinski definition) is 1. The molecule has 6 heteroatoms. The first-order valence-corrected chi connectivity index (χ1v) is 7.23. The van der Waals surface area contributed by atoms with Gasteiger partial charge in [0.1, 0.15) is 10.6 Å². The number of ether oxygens (including phenoxy) is 1. The molecule has 1 amide bonds. The fourth-order valence-electron chi connectivity index (χ4n) is 1.49. The summed E-state index contributed by atoms with van der Waals surface area (Å²) < 4.78 is 28.2. The lowest BCUT2D eigenvalue weighted by Gasteiger charge is -2.09. The number of benzene rings is 1. The minimum Gasteiger partial charge on any atom is -0.495 e. The third kappa shape index (κ3) is 4.03. The molecule has 1 aromatic rings. The Labute approximate surface area is 107 Å². The fraction of sp³-hybridized carbons (Fsp3) is 0.333. The van der Waals surface area contributed by atoms with E-state index >= 15 is 0 Å². The number of methoxy groups -OCH3 is 1. The van der Waals surface area contributed by atoms with Crippen molar-refractivity contribution in [3.8, 4) is 5.75 Å². The van der Waals surface area contributed by atoms with Crippen LogP contribution in [0.3, 0.4) is 0 Å². The second kappa shape index (κ2) is 5.86. The van der Waals surface area contributed by atoms with Crippen molar-refractivity contribution in [1.82, 2.24) is 0 Å². The summed E-state index contributed by atoms with van der Waals surface area (Å²) in [7, 11) is -1.93. The van der Waals surface area contributed by atoms with Gasteiger partial charge in [-0.15, -0.1) is 0 Å². The summed E-state index contributed by atoms with van der Waals surface area (Å²) >= 11 is 0. The van der Waals surface area contributed by atoms with Crippen LogP contribution < -0.4 is 10.5 Å². The Morgan fingerprint density at radius 2 is 2.11 bits per heavy atom. The van der Waals surface area contributed by atoms with Crippen molar-refractivity contribution >= 4 is 15.7 Å². The van der Waals surface area contributed by atoms with E-state index in [0.29, 0.717) is 12.2 Å². The predicted molar refractivity (Wildman–Crippen MR) is 67.9 cm³/mol. The van der Waals surface area contributed by atoms with E-state index in [4.69, 9.17) is 10.5 Å². The number of rotatable bonds is 6. The number of hydrogen-bond acceptors (Lipinski definition) is 4. The van der Waals surface area contributed by atoms with E-state index < -0.39 is 9.84 Å². The van der Waals surface area contributed by atoms with Gasteiger partial charge in [-0.2, -0.15) is 0 Å². The average Bonchev–Trinajstić information content (AvgIpc) is 2.27. The van der Waals surface area contributed by atoms with Crippen LogP contribution in [0.5, 0.6) is 5.75 Å². The van der Waals surface area contributed by atoms with Crippen molar-refractivity contribution in [2.24, 2.45) is 5.73 Å². The van der Waals surface area contributed by atoms with Gasteiger partial charge in [0.05, 0.1) is 7.11 Å². The van der Waals surface area contributed by atoms with Gasteiger partial charge < -0.3 is 10.5 Å². The lowest BCUT2D eigenvalue weighted by atomic mass is 10.1. The van der Waals surface area contributed by atoms with Crippen LogP contribution in [-0.2, 0) is 14.6 Å². The highest BCUT2D eigenvalue weighted by molar-refractivity contribution is 7.90. The first-order valence-electron chi connectivity index (χ1n) is 5.34. The molecule has 0 spiro atoms. The molecule has 1 radical (unpaired) electrons. The third-order valence-corrected chi connectivity index (χ3v) is 3.48. The van der Waals surface area contributed by atoms with Gasteiger partial charge in [0, 0.05) is 12.7 Å². The van der Waals surface area contributed by atoms with Crippen LogP contribution in [0.2, 0.25) is 0 Å². The predicted octanol–water partition coefficient (Wildman–Crippen LogP) is 0.917. The first kappa shape index (κ1) is 14.5. The van der Waals surface area contributed by atoms with Gasteiger partial charge in [-0.05, 0) is 30.5 Å². The van der Waals surface area contributed by atoms with E-state index in [1.165, 1.54) is 13.2 Å². The monoisotopic (exact) mass is 270 g/mol. The number of amides is 1. The maximum atomic E-state index is 11.6. The number of sulfone groups is 1. The number of carbonyl (C=O) groups excluding carboxylic acids is 1. The van der Waals surface area contributed by atoms with E-state index in [2.05, 4.69) is 0 Å². The van der Waals surface area contributed by atoms with Crippen LogP contribution in [0, 0.1) is 6.42 Å². The lowest BCUT2D eigenvalue weighted by molar-refractivity contribution is -0.117. The summed E-state index contributed by atoms with van der Waals surface area (Å²) in [6, 6.07) is 4.84. The van der Waals surface area contributed by atoms with Gasteiger partial charge in [-0.25, -0.2) is 8.42 Å². The highest BCUT2D eigenvalue weighted by Crippen LogP contribution is 2.25. The van der Waals surface area contributed by atoms with E-state index in [9.17, 15) is 13.2 Å². The van der Waals surface area contributed by atoms with Crippen LogP contribution in [0.25, 0.3) is 0 Å². The zero-order chi connectivity index (χ0) is 13.8. The Morgan fingerprint density at radius 1 is 1.44 bits per heavy atom. The number of carbonyl (C=O) groups is 1. The fourth-order valence-corrected chi connectivity index (χ4v) is 2.36. The molecule has 0 aliphatic rings. The molecule has 5 nitrogen and oxygen atoms in total. The molecule has 0 bridgehead atoms. The van der Waals surface area contributed by atoms with Crippen molar-refractivity contribution < 1.29 is 17.9 Å². The molecular weight excluding hydrogens is 254 g/mol. The zero-order valence-electron chi connectivity index (χ0n) is 10.3. The molecule has 0 saturated heterocycles. The molecule has 18 heavy (non-hydrogen) atoms. The quantitative estimate of drug-likeness (QED) is 0.832. The van der Waals surface area contributed by atoms with Crippen LogP contribution >= 0.6 is 0 Å². The van der Waals surface area contributed by atoms with Gasteiger partial charge in [0.15, 0.2) is 9.84 Å². The van der Waals surface area contributed by atoms with Gasteiger partial charge in [0.2, 0.25) is 5.91 Å². The van der Waals surface area contributed by atoms with Crippen molar-refractivity contribution in [1.29, 1.82) is 0 Å². The standard InChI is InChI=1S/C12H16NO4S/c1-17-10-7-6-9(4-3-5-12(13)14)8-11(10)18(2,15)16/h4,6-8H,3,5H2,1-2H3,(H2,13,14). The highest BCUT2D eigenvalue weighted by Gasteiger charge is 2.14. The summed E-state index contributed by atoms with van der Waals surface area (Å²) in [4.78, 5) is 10.7. The SMILES string of the molecule is COc1ccc([CH]CCC(N)=O)cc1S(C)(=O)=O. The topological polar surface area (TPSA) is 86.5 Å². The van der Waals surface area contributed by atoms with Gasteiger partial charge in [-0.1, -0.05) is 6.07 Å². The van der Waals surface area contributed by atoms with E-state index in [-0.39, 0.29) is 17.2 Å². The van der Waals surface area contributed by atoms with Crippen LogP contribution in [0.15, 0.2) is 23.1 Å². The second-order valence-electron chi connectivity index (χ2n) is 3.89. The Balaban J connectivity index is 2.93. The Kier molecular flexibility index (Phi) is 4.72. The van der Waals surface area contributed by atoms with Crippen LogP contribution in [0.4, 0.5) is 0 Å². The molecule has 2 N–H and O–H groups in total. The molecular formula is C12H16NO4S. The largest absolute Gasteiger partial charge is 0.495 e. The minimum absolute atomic E-state index is 0.137. The van der Waals surface area contributed by atoms with E-state index in [0.717, 1.165) is 11.8 Å². The summed E-state index contributed by atoms with van der Waals surface area (Å²) in [5, 5.41) is 0. The van der Waals surface area contributed by atoms with Gasteiger partial charge >= 0.3 is 0 Å². The maximum absolute atomic E-state index is 11.6. The lowest BCUT2D eigenvalue weighted by Crippen LogP contribution is -2.09. The van der Waals surface area contributed by atoms with Crippen molar-refractivity contribution in [3.05, 3.63) is 30.2 Å². The average molecular weight is 270 g/mol. The number of primary amides is 1. The summed E-state index contributed by atoms with van der Waals surface area (Å²) in [6.07, 6.45) is 3.60. The molecule has 0 atom stereocenters. The molecule has 0 aliphatic carbocycles. The van der Waals surface area contributed by atoms with E-state index in [1.54, 1.807) is 18.6 Å². The molecule has 1 aromatic carbocycles. The molecule has 0 saturated carbocycles. The molecule has 0 fully saturated rings. The Morgan fingerprint density at radius 3 is 2.61 bits per heavy atom. The van der Waals surface area contributed by atoms with Gasteiger partial charge in [0.25, 0.3) is 0 Å². The molecule has 1 rings (SSSR count). The third-order valence-electron chi connectivity index (χ3n) is 2.36. The van der Waals surface area contributed by atoms with Crippen LogP contribution in [0.1, 0.15) is 18.4 Å². The molecule has 0 aromatic heterocycles. The zero-order valence-corrected chi connectivity index (χ0v) is 11.2. The first-order chi connectivity index (χ1) is 8.34. The molecule has 0 heterocycles. The molecule has 0 aliphatic heterocycles. The van der Waals surface area contributed by atoms with Gasteiger partial charge in [-0.3, -0.25) is 4.79 Å². The number of nitrogens with two attached hydrogens (primary N) is 1. The Hall–Kier alpha value is -1.56. The Bertz CT molecular complexity index is 537. The van der Waals surface area contributed by atoms with Crippen molar-refractivity contribution in [2.75, 3.05) is 13.4 Å². The summed E-state index contributed by atoms with van der Waals surface area (Å²) in [5.74, 6) is -0.0763. The van der Waals surface area contributed by atoms with E-state index in [1.807, 2.05) is 0 Å². The highest BCUT2D eigenvalue weighted by atomic mass is 32.2. The maximum Gasteiger partial charge on any atom is 0.217 e. The van der Waals surface area contributed by atoms with Crippen LogP contribution in [-0.4, -0.2) is 27.7 Å². The second-order valence-corrected chi connectivity index (χ2v) is 5.88. The summed E-state index contributed by atoms with van der Waals surface area (Å²) in [6.45, 7) is 0.